The summed E-state index contributed by atoms with van der Waals surface area (Å²) in [5, 5.41) is 43.0. The van der Waals surface area contributed by atoms with Crippen LogP contribution in [0.1, 0.15) is 75.9 Å². The number of aliphatic hydroxyl groups is 2. The number of halogens is 1. The Balaban J connectivity index is 1.14. The molecule has 13 heteroatoms. The second-order valence-corrected chi connectivity index (χ2v) is 15.4. The topological polar surface area (TPSA) is 152 Å². The zero-order chi connectivity index (χ0) is 41.4. The van der Waals surface area contributed by atoms with Crippen LogP contribution in [0.15, 0.2) is 137 Å². The van der Waals surface area contributed by atoms with Gasteiger partial charge >= 0.3 is 0 Å². The van der Waals surface area contributed by atoms with Crippen molar-refractivity contribution < 1.29 is 29.3 Å². The number of likely N-dealkylation sites (N-methyl/N-ethyl adjacent to an activating group) is 1. The lowest BCUT2D eigenvalue weighted by Gasteiger charge is -2.48. The molecule has 1 saturated heterocycles. The minimum Gasteiger partial charge on any atom is -0.507 e. The van der Waals surface area contributed by atoms with Gasteiger partial charge in [0.1, 0.15) is 11.9 Å². The molecule has 5 aromatic rings. The van der Waals surface area contributed by atoms with Crippen LogP contribution in [0.4, 0.5) is 4.39 Å². The monoisotopic (exact) mass is 796 g/mol. The first-order valence-corrected chi connectivity index (χ1v) is 19.8. The van der Waals surface area contributed by atoms with Crippen molar-refractivity contribution in [1.82, 2.24) is 24.6 Å². The Hall–Kier alpha value is -6.60. The zero-order valence-corrected chi connectivity index (χ0v) is 32.7. The fourth-order valence-electron chi connectivity index (χ4n) is 8.95. The molecule has 2 amide bonds. The molecule has 0 bridgehead atoms. The molecule has 302 valence electrons. The molecule has 3 aliphatic heterocycles. The smallest absolute Gasteiger partial charge is 0.276 e. The van der Waals surface area contributed by atoms with E-state index in [1.165, 1.54) is 21.9 Å². The summed E-state index contributed by atoms with van der Waals surface area (Å²) in [7, 11) is 1.60. The Morgan fingerprint density at radius 3 is 1.97 bits per heavy atom. The highest BCUT2D eigenvalue weighted by atomic mass is 19.1. The van der Waals surface area contributed by atoms with Gasteiger partial charge in [0.05, 0.1) is 24.5 Å². The van der Waals surface area contributed by atoms with Gasteiger partial charge in [-0.1, -0.05) is 110 Å². The van der Waals surface area contributed by atoms with Crippen molar-refractivity contribution in [2.75, 3.05) is 20.1 Å². The van der Waals surface area contributed by atoms with Crippen molar-refractivity contribution in [2.45, 2.75) is 62.3 Å². The normalized spacial score (nSPS) is 20.2. The first kappa shape index (κ1) is 39.2. The van der Waals surface area contributed by atoms with Crippen molar-refractivity contribution in [3.05, 3.63) is 176 Å². The number of amides is 2. The van der Waals surface area contributed by atoms with E-state index in [0.717, 1.165) is 28.5 Å². The third kappa shape index (κ3) is 7.26. The molecule has 4 heterocycles. The Labute approximate surface area is 340 Å². The third-order valence-corrected chi connectivity index (χ3v) is 11.9. The van der Waals surface area contributed by atoms with Crippen LogP contribution in [0.3, 0.4) is 0 Å². The van der Waals surface area contributed by atoms with E-state index < -0.39 is 58.7 Å². The Bertz CT molecular complexity index is 2440. The minimum absolute atomic E-state index is 0.0806. The molecule has 59 heavy (non-hydrogen) atoms. The molecule has 1 fully saturated rings. The maximum atomic E-state index is 15.9. The van der Waals surface area contributed by atoms with E-state index in [0.29, 0.717) is 18.4 Å². The maximum absolute atomic E-state index is 15.9. The number of hydrazone groups is 1. The van der Waals surface area contributed by atoms with Gasteiger partial charge in [0, 0.05) is 38.0 Å². The molecule has 0 saturated carbocycles. The lowest BCUT2D eigenvalue weighted by molar-refractivity contribution is -0.137. The van der Waals surface area contributed by atoms with Crippen molar-refractivity contribution >= 4 is 18.0 Å². The number of aliphatic hydroxyl groups excluding tert-OH is 2. The van der Waals surface area contributed by atoms with Gasteiger partial charge in [-0.25, -0.2) is 4.39 Å². The standard InChI is InChI=1S/C46H45FN6O6/c1-3-33(51-27-36(53-42(46(51)59)44(57)38(55)25-49-53)39(28-13-7-4-8-14-28)29-15-9-5-10-16-29)21-19-31-23-32(20-22-34(31)47)40(30-17-11-6-12-18-30)35-26-50(2)45(58)41-43(56)37(54)24-48-52(35)41/h4-18,20,22-25,33,35-36,38-40,55-57H,3,19,21,26-27H2,1-2H3. The predicted molar refractivity (Wildman–Crippen MR) is 219 cm³/mol. The summed E-state index contributed by atoms with van der Waals surface area (Å²) in [6.07, 6.45) is 1.96. The lowest BCUT2D eigenvalue weighted by atomic mass is 9.82. The fraction of sp³-hybridized carbons (Fsp3) is 0.283. The van der Waals surface area contributed by atoms with Crippen LogP contribution >= 0.6 is 0 Å². The Kier molecular flexibility index (Phi) is 10.9. The number of fused-ring (bicyclic) bond motifs is 2. The zero-order valence-electron chi connectivity index (χ0n) is 32.7. The van der Waals surface area contributed by atoms with E-state index in [4.69, 9.17) is 0 Å². The van der Waals surface area contributed by atoms with Crippen molar-refractivity contribution in [1.29, 1.82) is 0 Å². The number of aromatic nitrogens is 2. The van der Waals surface area contributed by atoms with Gasteiger partial charge in [0.15, 0.2) is 22.9 Å². The first-order chi connectivity index (χ1) is 28.6. The summed E-state index contributed by atoms with van der Waals surface area (Å²) in [4.78, 5) is 43.3. The van der Waals surface area contributed by atoms with E-state index >= 15 is 4.39 Å². The maximum Gasteiger partial charge on any atom is 0.276 e. The average molecular weight is 797 g/mol. The molecule has 5 atom stereocenters. The van der Waals surface area contributed by atoms with E-state index in [1.807, 2.05) is 104 Å². The molecular formula is C46H45FN6O6. The quantitative estimate of drug-likeness (QED) is 0.153. The van der Waals surface area contributed by atoms with Crippen LogP contribution in [0.5, 0.6) is 5.75 Å². The molecule has 1 aromatic heterocycles. The number of piperazine rings is 1. The SMILES string of the molecule is CCC(CCc1cc(C(c2ccccc2)C2CN(C)C(=O)c3c(O)c(=O)cnn32)ccc1F)N1CC(C(c2ccccc2)c2ccccc2)N2N=CC(O)C(O)=C2C1=O. The summed E-state index contributed by atoms with van der Waals surface area (Å²) >= 11 is 0. The average Bonchev–Trinajstić information content (AvgIpc) is 3.25. The second-order valence-electron chi connectivity index (χ2n) is 15.4. The highest BCUT2D eigenvalue weighted by Gasteiger charge is 2.47. The second kappa shape index (κ2) is 16.3. The van der Waals surface area contributed by atoms with Crippen LogP contribution in [0, 0.1) is 5.82 Å². The number of benzene rings is 4. The number of carbonyl (C=O) groups is 2. The highest BCUT2D eigenvalue weighted by Crippen LogP contribution is 2.41. The van der Waals surface area contributed by atoms with Gasteiger partial charge in [-0.15, -0.1) is 0 Å². The summed E-state index contributed by atoms with van der Waals surface area (Å²) in [5.41, 5.74) is 2.97. The van der Waals surface area contributed by atoms with E-state index in [9.17, 15) is 29.7 Å². The van der Waals surface area contributed by atoms with Crippen LogP contribution in [0.25, 0.3) is 0 Å². The van der Waals surface area contributed by atoms with Crippen LogP contribution in [0.2, 0.25) is 0 Å². The number of rotatable bonds is 11. The molecular weight excluding hydrogens is 752 g/mol. The highest BCUT2D eigenvalue weighted by molar-refractivity contribution is 5.96. The van der Waals surface area contributed by atoms with Crippen molar-refractivity contribution in [3.8, 4) is 5.75 Å². The number of aryl methyl sites for hydroxylation is 1. The molecule has 4 aromatic carbocycles. The van der Waals surface area contributed by atoms with Crippen molar-refractivity contribution in [3.63, 3.8) is 0 Å². The van der Waals surface area contributed by atoms with E-state index in [2.05, 4.69) is 10.2 Å². The Morgan fingerprint density at radius 1 is 0.780 bits per heavy atom. The van der Waals surface area contributed by atoms with Gasteiger partial charge in [0.25, 0.3) is 11.8 Å². The number of hydrogen-bond donors (Lipinski definition) is 3. The van der Waals surface area contributed by atoms with E-state index in [-0.39, 0.29) is 42.9 Å². The minimum atomic E-state index is -1.44. The van der Waals surface area contributed by atoms with Gasteiger partial charge in [-0.2, -0.15) is 10.2 Å². The number of hydrogen-bond acceptors (Lipinski definition) is 9. The van der Waals surface area contributed by atoms with Crippen LogP contribution in [-0.4, -0.2) is 96.3 Å². The molecule has 0 aliphatic carbocycles. The summed E-state index contributed by atoms with van der Waals surface area (Å²) in [5.74, 6) is -3.31. The lowest BCUT2D eigenvalue weighted by Crippen LogP contribution is -2.59. The van der Waals surface area contributed by atoms with Gasteiger partial charge in [-0.05, 0) is 53.1 Å². The van der Waals surface area contributed by atoms with Crippen LogP contribution in [-0.2, 0) is 11.2 Å². The molecule has 3 aliphatic rings. The first-order valence-electron chi connectivity index (χ1n) is 19.8. The van der Waals surface area contributed by atoms with Gasteiger partial charge in [0.2, 0.25) is 5.43 Å². The molecule has 0 spiro atoms. The van der Waals surface area contributed by atoms with Gasteiger partial charge < -0.3 is 25.1 Å². The summed E-state index contributed by atoms with van der Waals surface area (Å²) in [6.45, 7) is 2.41. The largest absolute Gasteiger partial charge is 0.507 e. The van der Waals surface area contributed by atoms with Crippen LogP contribution < -0.4 is 5.43 Å². The molecule has 12 nitrogen and oxygen atoms in total. The van der Waals surface area contributed by atoms with Gasteiger partial charge in [-0.3, -0.25) is 24.1 Å². The molecule has 3 N–H and O–H groups in total. The third-order valence-electron chi connectivity index (χ3n) is 11.9. The number of nitrogens with zero attached hydrogens (tertiary/aromatic N) is 6. The Morgan fingerprint density at radius 2 is 1.37 bits per heavy atom. The molecule has 0 radical (unpaired) electrons. The summed E-state index contributed by atoms with van der Waals surface area (Å²) in [6, 6.07) is 32.9. The van der Waals surface area contributed by atoms with Crippen molar-refractivity contribution in [2.24, 2.45) is 5.10 Å². The molecule has 8 rings (SSSR count). The number of aromatic hydroxyl groups is 1. The summed E-state index contributed by atoms with van der Waals surface area (Å²) < 4.78 is 17.4. The fourth-order valence-corrected chi connectivity index (χ4v) is 8.95. The molecule has 5 unspecified atom stereocenters. The van der Waals surface area contributed by atoms with E-state index in [1.54, 1.807) is 23.0 Å². The predicted octanol–water partition coefficient (Wildman–Crippen LogP) is 5.73. The number of carbonyl (C=O) groups excluding carboxylic acids is 2.